The van der Waals surface area contributed by atoms with Crippen molar-refractivity contribution >= 4 is 30.4 Å². The summed E-state index contributed by atoms with van der Waals surface area (Å²) in [7, 11) is 0. The van der Waals surface area contributed by atoms with Crippen LogP contribution in [-0.4, -0.2) is 4.98 Å². The van der Waals surface area contributed by atoms with E-state index in [1.54, 1.807) is 4.44 Å². The molecule has 0 amide bonds. The van der Waals surface area contributed by atoms with Gasteiger partial charge in [-0.15, -0.1) is 24.8 Å². The standard InChI is InChI=1S/C11H9.C6H6N.2ClH.Cr/c1-2-6-10(7-3-1)11-8-4-5-9-11;1-6-4-2-3-5-7-6;;;/h1-3,6-9H,4H2;2-5H,1H2;2*1H;. The fourth-order valence-electron chi connectivity index (χ4n) is 2.08. The Kier molecular flexibility index (Phi) is 7.79. The number of rotatable bonds is 4. The molecule has 0 spiro atoms. The van der Waals surface area contributed by atoms with Gasteiger partial charge in [-0.1, -0.05) is 0 Å². The van der Waals surface area contributed by atoms with Gasteiger partial charge in [-0.05, 0) is 0 Å². The van der Waals surface area contributed by atoms with Crippen LogP contribution in [0.5, 0.6) is 0 Å². The number of hydrogen-bond acceptors (Lipinski definition) is 1. The molecule has 1 nitrogen and oxygen atoms in total. The molecule has 1 aliphatic carbocycles. The van der Waals surface area contributed by atoms with Crippen molar-refractivity contribution in [2.75, 3.05) is 0 Å². The maximum atomic E-state index is 4.39. The summed E-state index contributed by atoms with van der Waals surface area (Å²) in [6, 6.07) is 16.8. The minimum Gasteiger partial charge on any atom is -0.147 e. The normalized spacial score (nSPS) is 12.8. The summed E-state index contributed by atoms with van der Waals surface area (Å²) in [4.78, 5) is 4.39. The van der Waals surface area contributed by atoms with E-state index >= 15 is 0 Å². The summed E-state index contributed by atoms with van der Waals surface area (Å²) in [5.41, 5.74) is 3.90. The molecule has 0 saturated heterocycles. The second kappa shape index (κ2) is 9.08. The van der Waals surface area contributed by atoms with Gasteiger partial charge in [0, 0.05) is 0 Å². The van der Waals surface area contributed by atoms with Crippen LogP contribution in [0.3, 0.4) is 0 Å². The van der Waals surface area contributed by atoms with Crippen molar-refractivity contribution in [1.82, 2.24) is 4.98 Å². The average Bonchev–Trinajstić information content (AvgIpc) is 2.96. The van der Waals surface area contributed by atoms with E-state index in [0.29, 0.717) is 15.2 Å². The van der Waals surface area contributed by atoms with Gasteiger partial charge >= 0.3 is 120 Å². The van der Waals surface area contributed by atoms with Crippen LogP contribution in [-0.2, 0) is 20.5 Å². The summed E-state index contributed by atoms with van der Waals surface area (Å²) < 4.78 is 1.57. The Morgan fingerprint density at radius 1 is 0.952 bits per heavy atom. The molecule has 0 saturated carbocycles. The minimum absolute atomic E-state index is 0. The third-order valence-electron chi connectivity index (χ3n) is 3.08. The molecule has 0 fully saturated rings. The molecule has 4 heteroatoms. The zero-order chi connectivity index (χ0) is 12.9. The summed E-state index contributed by atoms with van der Waals surface area (Å²) in [6.45, 7) is 0. The minimum atomic E-state index is 0. The third-order valence-corrected chi connectivity index (χ3v) is 4.79. The summed E-state index contributed by atoms with van der Waals surface area (Å²) >= 11 is 0.515. The van der Waals surface area contributed by atoms with Gasteiger partial charge in [-0.25, -0.2) is 0 Å². The van der Waals surface area contributed by atoms with E-state index in [1.807, 2.05) is 12.3 Å². The molecule has 0 unspecified atom stereocenters. The first-order valence-electron chi connectivity index (χ1n) is 6.41. The molecule has 110 valence electrons. The molecule has 3 rings (SSSR count). The van der Waals surface area contributed by atoms with Gasteiger partial charge in [0.2, 0.25) is 0 Å². The Bertz CT molecular complexity index is 609. The van der Waals surface area contributed by atoms with Crippen molar-refractivity contribution < 1.29 is 15.2 Å². The van der Waals surface area contributed by atoms with Crippen LogP contribution in [0.2, 0.25) is 0 Å². The Morgan fingerprint density at radius 2 is 1.71 bits per heavy atom. The second-order valence-electron chi connectivity index (χ2n) is 4.45. The summed E-state index contributed by atoms with van der Waals surface area (Å²) in [5, 5.41) is 1.09. The Hall–Kier alpha value is -1.04. The maximum Gasteiger partial charge on any atom is -0.147 e. The second-order valence-corrected chi connectivity index (χ2v) is 6.17. The Labute approximate surface area is 144 Å². The van der Waals surface area contributed by atoms with Crippen molar-refractivity contribution in [2.24, 2.45) is 0 Å². The van der Waals surface area contributed by atoms with Crippen LogP contribution in [0.25, 0.3) is 5.57 Å². The topological polar surface area (TPSA) is 12.9 Å². The number of aromatic nitrogens is 1. The van der Waals surface area contributed by atoms with Crippen LogP contribution in [0.15, 0.2) is 71.3 Å². The molecular weight excluding hydrogens is 341 g/mol. The van der Waals surface area contributed by atoms with Crippen molar-refractivity contribution in [3.8, 4) is 0 Å². The number of pyridine rings is 1. The largest absolute Gasteiger partial charge is 0.147 e. The number of allylic oxidation sites excluding steroid dienone is 4. The van der Waals surface area contributed by atoms with E-state index in [9.17, 15) is 0 Å². The van der Waals surface area contributed by atoms with Crippen LogP contribution < -0.4 is 0 Å². The van der Waals surface area contributed by atoms with E-state index in [4.69, 9.17) is 0 Å². The van der Waals surface area contributed by atoms with Gasteiger partial charge in [0.1, 0.15) is 0 Å². The number of halogens is 2. The van der Waals surface area contributed by atoms with Gasteiger partial charge < -0.3 is 0 Å². The molecule has 1 heterocycles. The molecule has 1 aliphatic rings. The van der Waals surface area contributed by atoms with E-state index < -0.39 is 0 Å². The monoisotopic (exact) mass is 357 g/mol. The first kappa shape index (κ1) is 18.0. The van der Waals surface area contributed by atoms with Crippen LogP contribution >= 0.6 is 24.8 Å². The number of hydrogen-bond donors (Lipinski definition) is 0. The Morgan fingerprint density at radius 3 is 2.43 bits per heavy atom. The zero-order valence-electron chi connectivity index (χ0n) is 11.4. The third kappa shape index (κ3) is 5.02. The molecule has 0 radical (unpaired) electrons. The van der Waals surface area contributed by atoms with E-state index in [2.05, 4.69) is 59.6 Å². The molecule has 1 aromatic heterocycles. The molecule has 0 aliphatic heterocycles. The predicted molar refractivity (Wildman–Crippen MR) is 89.6 cm³/mol. The number of benzene rings is 1. The van der Waals surface area contributed by atoms with Crippen LogP contribution in [0.1, 0.15) is 17.7 Å². The van der Waals surface area contributed by atoms with Crippen molar-refractivity contribution in [2.45, 2.75) is 11.7 Å². The van der Waals surface area contributed by atoms with Crippen LogP contribution in [0.4, 0.5) is 0 Å². The first-order valence-corrected chi connectivity index (χ1v) is 7.94. The molecule has 1 aromatic carbocycles. The van der Waals surface area contributed by atoms with Crippen molar-refractivity contribution in [3.05, 3.63) is 82.6 Å². The summed E-state index contributed by atoms with van der Waals surface area (Å²) in [6.07, 6.45) is 7.68. The van der Waals surface area contributed by atoms with Gasteiger partial charge in [-0.3, -0.25) is 0 Å². The van der Waals surface area contributed by atoms with Crippen molar-refractivity contribution in [3.63, 3.8) is 0 Å². The molecular formula is C17H17Cl2CrN. The fourth-order valence-corrected chi connectivity index (χ4v) is 3.51. The SMILES string of the molecule is C1=[C]([Cr][CH2]c2ccccn2)CC=C1c1ccccc1.Cl.Cl. The fraction of sp³-hybridized carbons (Fsp3) is 0.118. The quantitative estimate of drug-likeness (QED) is 0.759. The van der Waals surface area contributed by atoms with Gasteiger partial charge in [-0.2, -0.15) is 0 Å². The van der Waals surface area contributed by atoms with Crippen LogP contribution in [0, 0.1) is 0 Å². The van der Waals surface area contributed by atoms with Crippen molar-refractivity contribution in [1.29, 1.82) is 0 Å². The maximum absolute atomic E-state index is 4.39. The first-order chi connectivity index (χ1) is 9.42. The summed E-state index contributed by atoms with van der Waals surface area (Å²) in [5.74, 6) is 0. The van der Waals surface area contributed by atoms with E-state index in [1.165, 1.54) is 16.8 Å². The average molecular weight is 358 g/mol. The number of nitrogens with zero attached hydrogens (tertiary/aromatic N) is 1. The molecule has 0 atom stereocenters. The van der Waals surface area contributed by atoms with E-state index in [-0.39, 0.29) is 24.8 Å². The smallest absolute Gasteiger partial charge is 0.147 e. The predicted octanol–water partition coefficient (Wildman–Crippen LogP) is 4.88. The molecule has 0 bridgehead atoms. The molecule has 2 aromatic rings. The molecule has 21 heavy (non-hydrogen) atoms. The van der Waals surface area contributed by atoms with Gasteiger partial charge in [0.05, 0.1) is 0 Å². The Balaban J connectivity index is 0.00000110. The molecule has 0 N–H and O–H groups in total. The van der Waals surface area contributed by atoms with Gasteiger partial charge in [0.25, 0.3) is 0 Å². The van der Waals surface area contributed by atoms with E-state index in [0.717, 1.165) is 11.7 Å². The zero-order valence-corrected chi connectivity index (χ0v) is 14.3. The van der Waals surface area contributed by atoms with Gasteiger partial charge in [0.15, 0.2) is 0 Å².